The minimum absolute atomic E-state index is 0.0578. The molecule has 0 spiro atoms. The normalized spacial score (nSPS) is 15.8. The molecule has 5 rings (SSSR count). The van der Waals surface area contributed by atoms with E-state index in [2.05, 4.69) is 49.4 Å². The Labute approximate surface area is 268 Å². The molecular formula is C40H46O5. The number of fused-ring (bicyclic) bond motifs is 1. The number of Topliss-reactive ketones (excluding diaryl/α,β-unsaturated/α-hetero) is 1. The first kappa shape index (κ1) is 32.5. The monoisotopic (exact) mass is 606 g/mol. The van der Waals surface area contributed by atoms with E-state index >= 15 is 0 Å². The van der Waals surface area contributed by atoms with Crippen LogP contribution in [0.15, 0.2) is 103 Å². The van der Waals surface area contributed by atoms with E-state index in [4.69, 9.17) is 18.9 Å². The molecular weight excluding hydrogens is 560 g/mol. The second-order valence-electron chi connectivity index (χ2n) is 11.9. The largest absolute Gasteiger partial charge is 0.489 e. The highest BCUT2D eigenvalue weighted by molar-refractivity contribution is 5.79. The lowest BCUT2D eigenvalue weighted by atomic mass is 9.88. The van der Waals surface area contributed by atoms with Crippen LogP contribution in [0.1, 0.15) is 85.8 Å². The van der Waals surface area contributed by atoms with Gasteiger partial charge in [-0.25, -0.2) is 0 Å². The number of carbonyl (C=O) groups is 1. The highest BCUT2D eigenvalue weighted by Gasteiger charge is 2.32. The number of hydrogen-bond donors (Lipinski definition) is 0. The van der Waals surface area contributed by atoms with Crippen LogP contribution < -0.4 is 9.47 Å². The summed E-state index contributed by atoms with van der Waals surface area (Å²) < 4.78 is 25.3. The van der Waals surface area contributed by atoms with Crippen LogP contribution >= 0.6 is 0 Å². The zero-order valence-corrected chi connectivity index (χ0v) is 26.5. The van der Waals surface area contributed by atoms with Crippen LogP contribution in [0.25, 0.3) is 0 Å². The van der Waals surface area contributed by atoms with Crippen molar-refractivity contribution < 1.29 is 23.7 Å². The zero-order chi connectivity index (χ0) is 31.1. The lowest BCUT2D eigenvalue weighted by Crippen LogP contribution is -2.28. The average molecular weight is 607 g/mol. The van der Waals surface area contributed by atoms with Crippen LogP contribution in [0.5, 0.6) is 11.5 Å². The Morgan fingerprint density at radius 2 is 1.38 bits per heavy atom. The number of rotatable bonds is 18. The summed E-state index contributed by atoms with van der Waals surface area (Å²) in [5, 5.41) is 0. The Hall–Kier alpha value is -3.93. The number of hydrogen-bond acceptors (Lipinski definition) is 5. The quantitative estimate of drug-likeness (QED) is 0.106. The molecule has 1 heterocycles. The van der Waals surface area contributed by atoms with Crippen LogP contribution in [-0.2, 0) is 40.5 Å². The second kappa shape index (κ2) is 17.5. The van der Waals surface area contributed by atoms with Gasteiger partial charge in [-0.15, -0.1) is 0 Å². The summed E-state index contributed by atoms with van der Waals surface area (Å²) in [6.07, 6.45) is 6.37. The molecule has 4 aromatic carbocycles. The Kier molecular flexibility index (Phi) is 12.6. The van der Waals surface area contributed by atoms with Crippen molar-refractivity contribution in [3.05, 3.63) is 131 Å². The van der Waals surface area contributed by atoms with Crippen molar-refractivity contribution in [3.8, 4) is 11.5 Å². The number of carbonyl (C=O) groups excluding carboxylic acids is 1. The van der Waals surface area contributed by atoms with Crippen LogP contribution in [0, 0.1) is 0 Å². The molecule has 0 fully saturated rings. The lowest BCUT2D eigenvalue weighted by molar-refractivity contribution is -0.124. The first-order chi connectivity index (χ1) is 22.2. The van der Waals surface area contributed by atoms with Crippen LogP contribution in [0.3, 0.4) is 0 Å². The SMILES string of the molecule is CCCCC[C@@H]1Cc2cc(OCc3ccccc3)cc(OCc3ccccc3)c2[C@H](CC(=O)CCCOCc2ccccc2)O1. The van der Waals surface area contributed by atoms with Crippen molar-refractivity contribution >= 4 is 5.78 Å². The molecule has 0 aromatic heterocycles. The van der Waals surface area contributed by atoms with E-state index in [-0.39, 0.29) is 18.0 Å². The molecule has 2 atom stereocenters. The minimum Gasteiger partial charge on any atom is -0.489 e. The molecule has 0 aliphatic carbocycles. The van der Waals surface area contributed by atoms with Gasteiger partial charge in [-0.05, 0) is 47.6 Å². The number of benzene rings is 4. The van der Waals surface area contributed by atoms with Crippen molar-refractivity contribution in [2.45, 2.75) is 90.3 Å². The summed E-state index contributed by atoms with van der Waals surface area (Å²) in [6, 6.07) is 34.6. The van der Waals surface area contributed by atoms with Gasteiger partial charge in [0.05, 0.1) is 18.8 Å². The Balaban J connectivity index is 1.31. The highest BCUT2D eigenvalue weighted by Crippen LogP contribution is 2.43. The summed E-state index contributed by atoms with van der Waals surface area (Å²) in [7, 11) is 0. The van der Waals surface area contributed by atoms with E-state index in [1.807, 2.05) is 60.7 Å². The minimum atomic E-state index is -0.355. The molecule has 0 bridgehead atoms. The predicted octanol–water partition coefficient (Wildman–Crippen LogP) is 9.36. The summed E-state index contributed by atoms with van der Waals surface area (Å²) in [6.45, 7) is 4.23. The molecule has 4 aromatic rings. The van der Waals surface area contributed by atoms with Gasteiger partial charge in [0.15, 0.2) is 0 Å². The fourth-order valence-electron chi connectivity index (χ4n) is 5.85. The molecule has 0 radical (unpaired) electrons. The number of ether oxygens (including phenoxy) is 4. The van der Waals surface area contributed by atoms with E-state index in [9.17, 15) is 4.79 Å². The third kappa shape index (κ3) is 10.3. The van der Waals surface area contributed by atoms with Crippen molar-refractivity contribution in [1.29, 1.82) is 0 Å². The molecule has 236 valence electrons. The maximum atomic E-state index is 13.3. The summed E-state index contributed by atoms with van der Waals surface area (Å²) in [4.78, 5) is 13.3. The van der Waals surface area contributed by atoms with Gasteiger partial charge in [0.2, 0.25) is 0 Å². The highest BCUT2D eigenvalue weighted by atomic mass is 16.5. The number of ketones is 1. The van der Waals surface area contributed by atoms with Crippen LogP contribution in [0.2, 0.25) is 0 Å². The Bertz CT molecular complexity index is 1440. The first-order valence-corrected chi connectivity index (χ1v) is 16.5. The fraction of sp³-hybridized carbons (Fsp3) is 0.375. The lowest BCUT2D eigenvalue weighted by Gasteiger charge is -2.34. The smallest absolute Gasteiger partial charge is 0.135 e. The molecule has 1 aliphatic rings. The van der Waals surface area contributed by atoms with Gasteiger partial charge >= 0.3 is 0 Å². The van der Waals surface area contributed by atoms with Gasteiger partial charge in [-0.1, -0.05) is 117 Å². The first-order valence-electron chi connectivity index (χ1n) is 16.5. The second-order valence-corrected chi connectivity index (χ2v) is 11.9. The maximum absolute atomic E-state index is 13.3. The molecule has 5 nitrogen and oxygen atoms in total. The molecule has 45 heavy (non-hydrogen) atoms. The van der Waals surface area contributed by atoms with Crippen molar-refractivity contribution in [1.82, 2.24) is 0 Å². The van der Waals surface area contributed by atoms with Gasteiger partial charge in [-0.3, -0.25) is 4.79 Å². The van der Waals surface area contributed by atoms with E-state index in [1.54, 1.807) is 0 Å². The zero-order valence-electron chi connectivity index (χ0n) is 26.5. The Morgan fingerprint density at radius 1 is 0.756 bits per heavy atom. The van der Waals surface area contributed by atoms with Crippen molar-refractivity contribution in [2.75, 3.05) is 6.61 Å². The molecule has 5 heteroatoms. The Morgan fingerprint density at radius 3 is 2.02 bits per heavy atom. The average Bonchev–Trinajstić information content (AvgIpc) is 3.07. The maximum Gasteiger partial charge on any atom is 0.135 e. The third-order valence-electron chi connectivity index (χ3n) is 8.21. The van der Waals surface area contributed by atoms with Gasteiger partial charge in [0.25, 0.3) is 0 Å². The summed E-state index contributed by atoms with van der Waals surface area (Å²) in [5.41, 5.74) is 5.47. The third-order valence-corrected chi connectivity index (χ3v) is 8.21. The standard InChI is InChI=1S/C40H46O5/c1-2-3-7-22-36-24-34-25-37(43-29-32-17-10-5-11-18-32)27-38(44-30-33-19-12-6-13-20-33)40(34)39(45-36)26-35(41)21-14-23-42-28-31-15-8-4-9-16-31/h4-6,8-13,15-20,25,27,36,39H,2-3,7,14,21-24,26,28-30H2,1H3/t36-,39+/m1/s1. The van der Waals surface area contributed by atoms with Gasteiger partial charge in [-0.2, -0.15) is 0 Å². The van der Waals surface area contributed by atoms with Crippen LogP contribution in [0.4, 0.5) is 0 Å². The van der Waals surface area contributed by atoms with Gasteiger partial charge in [0, 0.05) is 31.1 Å². The van der Waals surface area contributed by atoms with Gasteiger partial charge in [0.1, 0.15) is 30.5 Å². The summed E-state index contributed by atoms with van der Waals surface area (Å²) >= 11 is 0. The van der Waals surface area contributed by atoms with Crippen molar-refractivity contribution in [3.63, 3.8) is 0 Å². The van der Waals surface area contributed by atoms with Crippen molar-refractivity contribution in [2.24, 2.45) is 0 Å². The fourth-order valence-corrected chi connectivity index (χ4v) is 5.85. The van der Waals surface area contributed by atoms with E-state index < -0.39 is 0 Å². The van der Waals surface area contributed by atoms with E-state index in [0.717, 1.165) is 65.0 Å². The van der Waals surface area contributed by atoms with Gasteiger partial charge < -0.3 is 18.9 Å². The number of unbranched alkanes of at least 4 members (excludes halogenated alkanes) is 2. The topological polar surface area (TPSA) is 54.0 Å². The van der Waals surface area contributed by atoms with Crippen LogP contribution in [-0.4, -0.2) is 18.5 Å². The molecule has 0 saturated heterocycles. The molecule has 0 N–H and O–H groups in total. The summed E-state index contributed by atoms with van der Waals surface area (Å²) in [5.74, 6) is 1.69. The molecule has 0 unspecified atom stereocenters. The molecule has 0 amide bonds. The predicted molar refractivity (Wildman–Crippen MR) is 178 cm³/mol. The van der Waals surface area contributed by atoms with E-state index in [1.165, 1.54) is 6.42 Å². The molecule has 1 aliphatic heterocycles. The van der Waals surface area contributed by atoms with E-state index in [0.29, 0.717) is 45.7 Å². The molecule has 0 saturated carbocycles.